The molecule has 4 aromatic rings. The number of rotatable bonds is 6. The van der Waals surface area contributed by atoms with E-state index in [0.717, 1.165) is 44.0 Å². The summed E-state index contributed by atoms with van der Waals surface area (Å²) in [4.78, 5) is 17.2. The van der Waals surface area contributed by atoms with Gasteiger partial charge in [-0.15, -0.1) is 5.10 Å². The summed E-state index contributed by atoms with van der Waals surface area (Å²) in [7, 11) is 0. The number of carbonyl (C=O) groups excluding carboxylic acids is 1. The average molecular weight is 459 g/mol. The van der Waals surface area contributed by atoms with Crippen LogP contribution in [-0.2, 0) is 11.3 Å². The summed E-state index contributed by atoms with van der Waals surface area (Å²) in [5.41, 5.74) is 3.35. The van der Waals surface area contributed by atoms with E-state index in [2.05, 4.69) is 62.9 Å². The number of piperazine rings is 1. The number of para-hydroxylation sites is 1. The highest BCUT2D eigenvalue weighted by Gasteiger charge is 2.22. The normalized spacial score (nSPS) is 14.6. The lowest BCUT2D eigenvalue weighted by Gasteiger charge is -2.35. The van der Waals surface area contributed by atoms with E-state index in [1.807, 2.05) is 36.1 Å². The first-order valence-corrected chi connectivity index (χ1v) is 12.1. The molecule has 0 aliphatic carbocycles. The van der Waals surface area contributed by atoms with Crippen LogP contribution < -0.4 is 0 Å². The maximum atomic E-state index is 12.9. The SMILES string of the molecule is Cc1ccccc1-n1nnnc1SCC(=O)N1CCN(Cc2cccc3ccccc23)CC1. The van der Waals surface area contributed by atoms with Crippen molar-refractivity contribution in [3.8, 4) is 5.69 Å². The van der Waals surface area contributed by atoms with Gasteiger partial charge in [-0.25, -0.2) is 0 Å². The lowest BCUT2D eigenvalue weighted by atomic mass is 10.0. The summed E-state index contributed by atoms with van der Waals surface area (Å²) in [6.45, 7) is 6.17. The van der Waals surface area contributed by atoms with E-state index in [1.54, 1.807) is 4.68 Å². The molecule has 168 valence electrons. The Morgan fingerprint density at radius 2 is 1.70 bits per heavy atom. The summed E-state index contributed by atoms with van der Waals surface area (Å²) >= 11 is 1.39. The summed E-state index contributed by atoms with van der Waals surface area (Å²) < 4.78 is 1.70. The first-order chi connectivity index (χ1) is 16.2. The minimum Gasteiger partial charge on any atom is -0.339 e. The van der Waals surface area contributed by atoms with Crippen molar-refractivity contribution in [2.45, 2.75) is 18.6 Å². The Kier molecular flexibility index (Phi) is 6.37. The van der Waals surface area contributed by atoms with E-state index >= 15 is 0 Å². The van der Waals surface area contributed by atoms with Crippen LogP contribution in [0, 0.1) is 6.92 Å². The van der Waals surface area contributed by atoms with E-state index < -0.39 is 0 Å². The fraction of sp³-hybridized carbons (Fsp3) is 0.280. The Bertz CT molecular complexity index is 1260. The fourth-order valence-corrected chi connectivity index (χ4v) is 5.05. The lowest BCUT2D eigenvalue weighted by molar-refractivity contribution is -0.130. The third kappa shape index (κ3) is 4.77. The van der Waals surface area contributed by atoms with E-state index in [9.17, 15) is 4.79 Å². The molecule has 1 amide bonds. The molecule has 8 heteroatoms. The van der Waals surface area contributed by atoms with Gasteiger partial charge in [0.1, 0.15) is 0 Å². The molecule has 0 spiro atoms. The zero-order chi connectivity index (χ0) is 22.6. The number of hydrogen-bond donors (Lipinski definition) is 0. The van der Waals surface area contributed by atoms with Crippen molar-refractivity contribution in [3.05, 3.63) is 77.9 Å². The smallest absolute Gasteiger partial charge is 0.233 e. The van der Waals surface area contributed by atoms with E-state index in [-0.39, 0.29) is 5.91 Å². The van der Waals surface area contributed by atoms with Gasteiger partial charge in [0, 0.05) is 32.7 Å². The number of aromatic nitrogens is 4. The van der Waals surface area contributed by atoms with Crippen LogP contribution in [0.5, 0.6) is 0 Å². The summed E-state index contributed by atoms with van der Waals surface area (Å²) in [5, 5.41) is 15.3. The first kappa shape index (κ1) is 21.6. The van der Waals surface area contributed by atoms with Gasteiger partial charge in [0.15, 0.2) is 0 Å². The van der Waals surface area contributed by atoms with Crippen LogP contribution >= 0.6 is 11.8 Å². The number of hydrogen-bond acceptors (Lipinski definition) is 6. The second-order valence-electron chi connectivity index (χ2n) is 8.24. The highest BCUT2D eigenvalue weighted by atomic mass is 32.2. The molecule has 1 saturated heterocycles. The number of benzene rings is 3. The molecule has 1 fully saturated rings. The number of thioether (sulfide) groups is 1. The van der Waals surface area contributed by atoms with Crippen molar-refractivity contribution >= 4 is 28.4 Å². The molecule has 1 aliphatic rings. The molecule has 0 saturated carbocycles. The van der Waals surface area contributed by atoms with Crippen molar-refractivity contribution in [1.29, 1.82) is 0 Å². The highest BCUT2D eigenvalue weighted by Crippen LogP contribution is 2.22. The molecule has 1 aromatic heterocycles. The van der Waals surface area contributed by atoms with E-state index in [4.69, 9.17) is 0 Å². The van der Waals surface area contributed by atoms with Gasteiger partial charge >= 0.3 is 0 Å². The number of carbonyl (C=O) groups is 1. The van der Waals surface area contributed by atoms with Crippen LogP contribution in [0.4, 0.5) is 0 Å². The number of fused-ring (bicyclic) bond motifs is 1. The van der Waals surface area contributed by atoms with Gasteiger partial charge in [0.25, 0.3) is 0 Å². The molecule has 2 heterocycles. The molecule has 3 aromatic carbocycles. The van der Waals surface area contributed by atoms with Crippen LogP contribution in [-0.4, -0.2) is 67.8 Å². The van der Waals surface area contributed by atoms with E-state index in [1.165, 1.54) is 28.1 Å². The molecule has 7 nitrogen and oxygen atoms in total. The molecule has 33 heavy (non-hydrogen) atoms. The Balaban J connectivity index is 1.16. The molecular formula is C25H26N6OS. The van der Waals surface area contributed by atoms with Gasteiger partial charge in [-0.1, -0.05) is 72.4 Å². The van der Waals surface area contributed by atoms with E-state index in [0.29, 0.717) is 10.9 Å². The average Bonchev–Trinajstić information content (AvgIpc) is 3.32. The molecule has 0 atom stereocenters. The number of tetrazole rings is 1. The Morgan fingerprint density at radius 3 is 2.55 bits per heavy atom. The van der Waals surface area contributed by atoms with Crippen LogP contribution in [0.1, 0.15) is 11.1 Å². The predicted octanol–water partition coefficient (Wildman–Crippen LogP) is 3.56. The molecule has 5 rings (SSSR count). The molecule has 0 unspecified atom stereocenters. The molecule has 0 N–H and O–H groups in total. The van der Waals surface area contributed by atoms with Crippen LogP contribution in [0.25, 0.3) is 16.5 Å². The van der Waals surface area contributed by atoms with Crippen molar-refractivity contribution in [2.24, 2.45) is 0 Å². The van der Waals surface area contributed by atoms with Crippen molar-refractivity contribution in [1.82, 2.24) is 30.0 Å². The number of nitrogens with zero attached hydrogens (tertiary/aromatic N) is 6. The molecule has 0 radical (unpaired) electrons. The van der Waals surface area contributed by atoms with Gasteiger partial charge in [-0.3, -0.25) is 9.69 Å². The van der Waals surface area contributed by atoms with Crippen molar-refractivity contribution in [3.63, 3.8) is 0 Å². The first-order valence-electron chi connectivity index (χ1n) is 11.1. The Hall–Kier alpha value is -3.23. The minimum absolute atomic E-state index is 0.129. The van der Waals surface area contributed by atoms with Gasteiger partial charge in [0.05, 0.1) is 11.4 Å². The predicted molar refractivity (Wildman–Crippen MR) is 130 cm³/mol. The summed E-state index contributed by atoms with van der Waals surface area (Å²) in [6.07, 6.45) is 0. The number of aryl methyl sites for hydroxylation is 1. The lowest BCUT2D eigenvalue weighted by Crippen LogP contribution is -2.48. The largest absolute Gasteiger partial charge is 0.339 e. The summed E-state index contributed by atoms with van der Waals surface area (Å²) in [5.74, 6) is 0.458. The maximum absolute atomic E-state index is 12.9. The van der Waals surface area contributed by atoms with Gasteiger partial charge in [-0.05, 0) is 45.3 Å². The zero-order valence-corrected chi connectivity index (χ0v) is 19.4. The number of amides is 1. The fourth-order valence-electron chi connectivity index (χ4n) is 4.27. The third-order valence-electron chi connectivity index (χ3n) is 6.11. The molecule has 0 bridgehead atoms. The maximum Gasteiger partial charge on any atom is 0.233 e. The van der Waals surface area contributed by atoms with Crippen LogP contribution in [0.15, 0.2) is 71.9 Å². The molecular weight excluding hydrogens is 432 g/mol. The quantitative estimate of drug-likeness (QED) is 0.412. The minimum atomic E-state index is 0.129. The van der Waals surface area contributed by atoms with Crippen molar-refractivity contribution in [2.75, 3.05) is 31.9 Å². The molecule has 1 aliphatic heterocycles. The zero-order valence-electron chi connectivity index (χ0n) is 18.6. The standard InChI is InChI=1S/C25H26N6OS/c1-19-7-2-5-12-23(19)31-25(26-27-28-31)33-18-24(32)30-15-13-29(14-16-30)17-21-10-6-9-20-8-3-4-11-22(20)21/h2-12H,13-18H2,1H3. The van der Waals surface area contributed by atoms with Crippen LogP contribution in [0.3, 0.4) is 0 Å². The van der Waals surface area contributed by atoms with Gasteiger partial charge in [-0.2, -0.15) is 4.68 Å². The van der Waals surface area contributed by atoms with Gasteiger partial charge in [0.2, 0.25) is 11.1 Å². The highest BCUT2D eigenvalue weighted by molar-refractivity contribution is 7.99. The van der Waals surface area contributed by atoms with Crippen LogP contribution in [0.2, 0.25) is 0 Å². The van der Waals surface area contributed by atoms with Crippen molar-refractivity contribution < 1.29 is 4.79 Å². The second-order valence-corrected chi connectivity index (χ2v) is 9.19. The third-order valence-corrected chi connectivity index (χ3v) is 7.01. The Labute approximate surface area is 197 Å². The Morgan fingerprint density at radius 1 is 0.939 bits per heavy atom. The second kappa shape index (κ2) is 9.72. The summed E-state index contributed by atoms with van der Waals surface area (Å²) in [6, 6.07) is 22.9. The van der Waals surface area contributed by atoms with Gasteiger partial charge < -0.3 is 4.90 Å². The monoisotopic (exact) mass is 458 g/mol. The topological polar surface area (TPSA) is 67.2 Å².